The van der Waals surface area contributed by atoms with Gasteiger partial charge in [-0.25, -0.2) is 0 Å². The number of likely N-dealkylation sites (N-methyl/N-ethyl adjacent to an activating group) is 1. The third-order valence-corrected chi connectivity index (χ3v) is 11.1. The Morgan fingerprint density at radius 3 is 1.25 bits per heavy atom. The second-order valence-corrected chi connectivity index (χ2v) is 18.8. The van der Waals surface area contributed by atoms with E-state index in [-0.39, 0.29) is 38.6 Å². The van der Waals surface area contributed by atoms with Crippen LogP contribution in [-0.2, 0) is 33.3 Å². The predicted octanol–water partition coefficient (Wildman–Crippen LogP) is 14.1. The van der Waals surface area contributed by atoms with Crippen LogP contribution in [0.15, 0.2) is 97.2 Å². The number of carbonyl (C=O) groups is 3. The Morgan fingerprint density at radius 1 is 0.456 bits per heavy atom. The fourth-order valence-corrected chi connectivity index (χ4v) is 6.92. The Labute approximate surface area is 416 Å². The molecule has 2 unspecified atom stereocenters. The number of carboxylic acid groups (broad SMARTS) is 1. The highest BCUT2D eigenvalue weighted by molar-refractivity contribution is 5.70. The molecule has 0 radical (unpaired) electrons. The first-order chi connectivity index (χ1) is 33.1. The van der Waals surface area contributed by atoms with Crippen LogP contribution in [0.25, 0.3) is 0 Å². The van der Waals surface area contributed by atoms with E-state index < -0.39 is 24.3 Å². The van der Waals surface area contributed by atoms with Crippen molar-refractivity contribution in [3.8, 4) is 0 Å². The lowest BCUT2D eigenvalue weighted by Crippen LogP contribution is -2.44. The lowest BCUT2D eigenvalue weighted by atomic mass is 10.1. The minimum Gasteiger partial charge on any atom is -0.545 e. The van der Waals surface area contributed by atoms with E-state index in [0.29, 0.717) is 17.4 Å². The normalized spacial score (nSPS) is 13.6. The first-order valence-corrected chi connectivity index (χ1v) is 26.9. The van der Waals surface area contributed by atoms with E-state index in [2.05, 4.69) is 111 Å². The number of esters is 2. The van der Waals surface area contributed by atoms with Crippen LogP contribution < -0.4 is 5.11 Å². The zero-order valence-electron chi connectivity index (χ0n) is 43.9. The maximum atomic E-state index is 12.8. The molecular formula is C59H99NO8. The number of aliphatic carboxylic acids is 1. The van der Waals surface area contributed by atoms with Gasteiger partial charge in [0, 0.05) is 12.8 Å². The molecule has 0 saturated heterocycles. The lowest BCUT2D eigenvalue weighted by molar-refractivity contribution is -0.870. The molecule has 388 valence electrons. The number of allylic oxidation sites excluding steroid dienone is 16. The topological polar surface area (TPSA) is 111 Å². The SMILES string of the molecule is CC/C=C\C/C=C\C/C=C\C/C=C\C/C=C\C/C=C\CCCCCCCCC(=O)OC(COC(=O)CCCCCCCCC/C=C\C/C=C\CCCCCC)COC(OCC[N+](C)(C)C)C(=O)[O-]. The maximum absolute atomic E-state index is 12.8. The standard InChI is InChI=1S/C59H99NO8/c1-6-8-10-12-14-16-18-20-22-24-26-27-28-29-30-31-32-34-36-38-40-42-44-46-48-50-57(62)68-55(54-67-59(58(63)64)65-52-51-60(3,4)5)53-66-56(61)49-47-45-43-41-39-37-35-33-25-23-21-19-17-15-13-11-9-7-2/h8,10,14,16-17,19-20,22-23,25-27,29-30,32,34,55,59H,6-7,9,11-13,15,18,21,24,28,31,33,35-54H2,1-5H3/b10-8-,16-14-,19-17-,22-20-,25-23-,27-26-,30-29-,34-32-. The van der Waals surface area contributed by atoms with Gasteiger partial charge in [-0.05, 0) is 96.3 Å². The molecule has 0 aliphatic carbocycles. The molecule has 0 rings (SSSR count). The lowest BCUT2D eigenvalue weighted by Gasteiger charge is -2.26. The summed E-state index contributed by atoms with van der Waals surface area (Å²) in [7, 11) is 5.90. The van der Waals surface area contributed by atoms with E-state index >= 15 is 0 Å². The molecule has 0 aliphatic heterocycles. The number of carboxylic acids is 1. The third-order valence-electron chi connectivity index (χ3n) is 11.1. The van der Waals surface area contributed by atoms with E-state index in [1.54, 1.807) is 0 Å². The van der Waals surface area contributed by atoms with Crippen molar-refractivity contribution in [1.82, 2.24) is 0 Å². The molecule has 68 heavy (non-hydrogen) atoms. The van der Waals surface area contributed by atoms with Crippen molar-refractivity contribution in [2.45, 2.75) is 212 Å². The molecule has 0 aromatic rings. The molecule has 0 amide bonds. The smallest absolute Gasteiger partial charge is 0.306 e. The van der Waals surface area contributed by atoms with Gasteiger partial charge in [-0.1, -0.05) is 188 Å². The van der Waals surface area contributed by atoms with Crippen LogP contribution >= 0.6 is 0 Å². The summed E-state index contributed by atoms with van der Waals surface area (Å²) in [6.45, 7) is 4.57. The van der Waals surface area contributed by atoms with Gasteiger partial charge >= 0.3 is 11.9 Å². The zero-order valence-corrected chi connectivity index (χ0v) is 43.9. The van der Waals surface area contributed by atoms with Crippen molar-refractivity contribution in [3.05, 3.63) is 97.2 Å². The van der Waals surface area contributed by atoms with Crippen molar-refractivity contribution in [3.63, 3.8) is 0 Å². The summed E-state index contributed by atoms with van der Waals surface area (Å²) in [6, 6.07) is 0. The summed E-state index contributed by atoms with van der Waals surface area (Å²) >= 11 is 0. The van der Waals surface area contributed by atoms with Gasteiger partial charge < -0.3 is 33.3 Å². The van der Waals surface area contributed by atoms with Crippen LogP contribution in [0, 0.1) is 0 Å². The molecule has 9 nitrogen and oxygen atoms in total. The minimum absolute atomic E-state index is 0.138. The van der Waals surface area contributed by atoms with Gasteiger partial charge in [-0.2, -0.15) is 0 Å². The molecule has 0 bridgehead atoms. The Hall–Kier alpha value is -3.79. The van der Waals surface area contributed by atoms with Crippen molar-refractivity contribution >= 4 is 17.9 Å². The third kappa shape index (κ3) is 50.1. The van der Waals surface area contributed by atoms with Crippen LogP contribution in [0.1, 0.15) is 200 Å². The number of ether oxygens (including phenoxy) is 4. The average molecular weight is 950 g/mol. The first kappa shape index (κ1) is 64.2. The molecular weight excluding hydrogens is 851 g/mol. The Balaban J connectivity index is 4.38. The van der Waals surface area contributed by atoms with Gasteiger partial charge in [0.1, 0.15) is 13.2 Å². The van der Waals surface area contributed by atoms with E-state index in [1.165, 1.54) is 51.4 Å². The van der Waals surface area contributed by atoms with Gasteiger partial charge in [0.2, 0.25) is 0 Å². The second kappa shape index (κ2) is 49.6. The van der Waals surface area contributed by atoms with Gasteiger partial charge in [0.05, 0.1) is 40.3 Å². The molecule has 0 fully saturated rings. The monoisotopic (exact) mass is 950 g/mol. The minimum atomic E-state index is -1.63. The highest BCUT2D eigenvalue weighted by Crippen LogP contribution is 2.14. The second-order valence-electron chi connectivity index (χ2n) is 18.8. The molecule has 0 aromatic carbocycles. The van der Waals surface area contributed by atoms with Crippen LogP contribution in [0.3, 0.4) is 0 Å². The number of unbranched alkanes of at least 4 members (excludes halogenated alkanes) is 17. The average Bonchev–Trinajstić information content (AvgIpc) is 3.30. The fraction of sp³-hybridized carbons (Fsp3) is 0.678. The molecule has 2 atom stereocenters. The molecule has 0 saturated carbocycles. The van der Waals surface area contributed by atoms with Crippen molar-refractivity contribution in [2.24, 2.45) is 0 Å². The number of nitrogens with zero attached hydrogens (tertiary/aromatic N) is 1. The first-order valence-electron chi connectivity index (χ1n) is 26.9. The van der Waals surface area contributed by atoms with Crippen LogP contribution in [0.5, 0.6) is 0 Å². The van der Waals surface area contributed by atoms with Crippen molar-refractivity contribution < 1.29 is 42.9 Å². The Kier molecular flexibility index (Phi) is 46.9. The Morgan fingerprint density at radius 2 is 0.838 bits per heavy atom. The van der Waals surface area contributed by atoms with E-state index in [0.717, 1.165) is 116 Å². The number of carbonyl (C=O) groups excluding carboxylic acids is 3. The van der Waals surface area contributed by atoms with E-state index in [4.69, 9.17) is 18.9 Å². The molecule has 0 heterocycles. The molecule has 0 N–H and O–H groups in total. The van der Waals surface area contributed by atoms with Gasteiger partial charge in [0.15, 0.2) is 12.4 Å². The highest BCUT2D eigenvalue weighted by Gasteiger charge is 2.22. The number of quaternary nitrogens is 1. The molecule has 0 aliphatic rings. The zero-order chi connectivity index (χ0) is 49.9. The summed E-state index contributed by atoms with van der Waals surface area (Å²) < 4.78 is 22.6. The summed E-state index contributed by atoms with van der Waals surface area (Å²) in [5, 5.41) is 11.8. The van der Waals surface area contributed by atoms with E-state index in [9.17, 15) is 19.5 Å². The summed E-state index contributed by atoms with van der Waals surface area (Å²) in [5.74, 6) is -2.32. The maximum Gasteiger partial charge on any atom is 0.306 e. The summed E-state index contributed by atoms with van der Waals surface area (Å²) in [5.41, 5.74) is 0. The van der Waals surface area contributed by atoms with Crippen LogP contribution in [0.2, 0.25) is 0 Å². The van der Waals surface area contributed by atoms with Gasteiger partial charge in [-0.3, -0.25) is 9.59 Å². The van der Waals surface area contributed by atoms with Gasteiger partial charge in [0.25, 0.3) is 0 Å². The van der Waals surface area contributed by atoms with Gasteiger partial charge in [-0.15, -0.1) is 0 Å². The molecule has 0 spiro atoms. The van der Waals surface area contributed by atoms with Crippen molar-refractivity contribution in [2.75, 3.05) is 47.5 Å². The van der Waals surface area contributed by atoms with Crippen LogP contribution in [0.4, 0.5) is 0 Å². The summed E-state index contributed by atoms with van der Waals surface area (Å²) in [4.78, 5) is 37.2. The largest absolute Gasteiger partial charge is 0.545 e. The number of hydrogen-bond donors (Lipinski definition) is 0. The highest BCUT2D eigenvalue weighted by atomic mass is 16.7. The molecule has 9 heteroatoms. The summed E-state index contributed by atoms with van der Waals surface area (Å²) in [6.07, 6.45) is 62.9. The van der Waals surface area contributed by atoms with E-state index in [1.807, 2.05) is 21.1 Å². The van der Waals surface area contributed by atoms with Crippen molar-refractivity contribution in [1.29, 1.82) is 0 Å². The quantitative estimate of drug-likeness (QED) is 0.0195. The Bertz CT molecular complexity index is 1430. The predicted molar refractivity (Wildman–Crippen MR) is 283 cm³/mol. The number of rotatable bonds is 48. The number of hydrogen-bond acceptors (Lipinski definition) is 8. The molecule has 0 aromatic heterocycles. The fourth-order valence-electron chi connectivity index (χ4n) is 6.92. The van der Waals surface area contributed by atoms with Crippen LogP contribution in [-0.4, -0.2) is 82.3 Å².